The Labute approximate surface area is 130 Å². The summed E-state index contributed by atoms with van der Waals surface area (Å²) in [5, 5.41) is 0. The van der Waals surface area contributed by atoms with Gasteiger partial charge in [-0.1, -0.05) is 6.07 Å². The van der Waals surface area contributed by atoms with Gasteiger partial charge in [-0.05, 0) is 38.3 Å². The van der Waals surface area contributed by atoms with Crippen molar-refractivity contribution in [1.29, 1.82) is 0 Å². The van der Waals surface area contributed by atoms with E-state index in [1.807, 2.05) is 19.1 Å². The fraction of sp³-hybridized carbons (Fsp3) is 0.562. The molecule has 0 N–H and O–H groups in total. The Morgan fingerprint density at radius 1 is 1.38 bits per heavy atom. The Hall–Kier alpha value is -1.26. The van der Waals surface area contributed by atoms with Gasteiger partial charge in [-0.3, -0.25) is 0 Å². The molecule has 1 saturated carbocycles. The molecule has 2 unspecified atom stereocenters. The summed E-state index contributed by atoms with van der Waals surface area (Å²) in [6.07, 6.45) is 3.55. The normalized spacial score (nSPS) is 22.0. The van der Waals surface area contributed by atoms with Gasteiger partial charge < -0.3 is 14.0 Å². The molecule has 0 amide bonds. The smallest absolute Gasteiger partial charge is 0.147 e. The van der Waals surface area contributed by atoms with Crippen LogP contribution in [0.5, 0.6) is 5.75 Å². The summed E-state index contributed by atoms with van der Waals surface area (Å²) in [7, 11) is 1.79. The number of rotatable bonds is 5. The van der Waals surface area contributed by atoms with Crippen LogP contribution in [-0.2, 0) is 10.6 Å². The summed E-state index contributed by atoms with van der Waals surface area (Å²) < 4.78 is 13.5. The second-order valence-electron chi connectivity index (χ2n) is 5.41. The Morgan fingerprint density at radius 2 is 2.24 bits per heavy atom. The average molecular weight is 309 g/mol. The second kappa shape index (κ2) is 6.24. The number of hydrogen-bond donors (Lipinski definition) is 0. The molecule has 0 radical (unpaired) electrons. The van der Waals surface area contributed by atoms with Gasteiger partial charge in [-0.2, -0.15) is 0 Å². The molecule has 21 heavy (non-hydrogen) atoms. The number of halogens is 1. The Balaban J connectivity index is 2.06. The summed E-state index contributed by atoms with van der Waals surface area (Å²) in [5.41, 5.74) is 2.02. The summed E-state index contributed by atoms with van der Waals surface area (Å²) in [5.74, 6) is 2.16. The van der Waals surface area contributed by atoms with Gasteiger partial charge in [0.2, 0.25) is 0 Å². The monoisotopic (exact) mass is 308 g/mol. The van der Waals surface area contributed by atoms with E-state index in [1.54, 1.807) is 7.11 Å². The van der Waals surface area contributed by atoms with E-state index in [9.17, 15) is 0 Å². The van der Waals surface area contributed by atoms with Gasteiger partial charge in [-0.15, -0.1) is 11.6 Å². The van der Waals surface area contributed by atoms with Crippen molar-refractivity contribution in [2.45, 2.75) is 44.2 Å². The lowest BCUT2D eigenvalue weighted by Gasteiger charge is -2.16. The summed E-state index contributed by atoms with van der Waals surface area (Å²) in [6.45, 7) is 2.62. The molecule has 2 atom stereocenters. The highest BCUT2D eigenvalue weighted by Crippen LogP contribution is 2.37. The van der Waals surface area contributed by atoms with E-state index in [2.05, 4.69) is 10.6 Å². The third-order valence-corrected chi connectivity index (χ3v) is 4.47. The number of para-hydroxylation sites is 1. The Morgan fingerprint density at radius 3 is 2.90 bits per heavy atom. The molecule has 1 aromatic carbocycles. The van der Waals surface area contributed by atoms with Crippen LogP contribution in [0.4, 0.5) is 0 Å². The fourth-order valence-electron chi connectivity index (χ4n) is 3.28. The highest BCUT2D eigenvalue weighted by Gasteiger charge is 2.29. The molecule has 0 bridgehead atoms. The van der Waals surface area contributed by atoms with Crippen molar-refractivity contribution >= 4 is 22.6 Å². The first-order valence-corrected chi connectivity index (χ1v) is 8.03. The molecule has 1 aliphatic rings. The Kier molecular flexibility index (Phi) is 4.36. The van der Waals surface area contributed by atoms with Gasteiger partial charge in [0.1, 0.15) is 17.1 Å². The topological polar surface area (TPSA) is 36.3 Å². The minimum absolute atomic E-state index is 0.339. The molecular weight excluding hydrogens is 288 g/mol. The second-order valence-corrected chi connectivity index (χ2v) is 5.68. The van der Waals surface area contributed by atoms with E-state index in [1.165, 1.54) is 0 Å². The zero-order valence-electron chi connectivity index (χ0n) is 12.5. The van der Waals surface area contributed by atoms with Crippen molar-refractivity contribution in [3.8, 4) is 5.75 Å². The number of hydrogen-bond acceptors (Lipinski definition) is 3. The molecule has 1 fully saturated rings. The predicted octanol–water partition coefficient (Wildman–Crippen LogP) is 3.91. The van der Waals surface area contributed by atoms with Crippen molar-refractivity contribution in [2.75, 3.05) is 13.7 Å². The molecule has 4 nitrogen and oxygen atoms in total. The minimum atomic E-state index is 0.339. The molecule has 0 spiro atoms. The molecule has 1 heterocycles. The first-order valence-electron chi connectivity index (χ1n) is 7.49. The fourth-order valence-corrected chi connectivity index (χ4v) is 3.47. The number of methoxy groups -OCH3 is 1. The lowest BCUT2D eigenvalue weighted by molar-refractivity contribution is 0.106. The quantitative estimate of drug-likeness (QED) is 0.786. The number of benzene rings is 1. The summed E-state index contributed by atoms with van der Waals surface area (Å²) in [4.78, 5) is 4.71. The van der Waals surface area contributed by atoms with Crippen molar-refractivity contribution in [3.05, 3.63) is 24.0 Å². The van der Waals surface area contributed by atoms with Crippen molar-refractivity contribution in [2.24, 2.45) is 0 Å². The number of ether oxygens (including phenoxy) is 2. The highest BCUT2D eigenvalue weighted by molar-refractivity contribution is 6.16. The van der Waals surface area contributed by atoms with Crippen molar-refractivity contribution < 1.29 is 9.47 Å². The van der Waals surface area contributed by atoms with E-state index in [0.29, 0.717) is 24.6 Å². The molecule has 3 rings (SSSR count). The van der Waals surface area contributed by atoms with E-state index in [-0.39, 0.29) is 0 Å². The lowest BCUT2D eigenvalue weighted by atomic mass is 10.2. The van der Waals surface area contributed by atoms with Crippen LogP contribution >= 0.6 is 11.6 Å². The zero-order chi connectivity index (χ0) is 14.8. The highest BCUT2D eigenvalue weighted by atomic mass is 35.5. The van der Waals surface area contributed by atoms with E-state index in [0.717, 1.165) is 41.9 Å². The third-order valence-electron chi connectivity index (χ3n) is 4.23. The maximum absolute atomic E-state index is 6.13. The molecule has 1 aromatic heterocycles. The van der Waals surface area contributed by atoms with E-state index >= 15 is 0 Å². The first-order chi connectivity index (χ1) is 10.3. The van der Waals surface area contributed by atoms with Crippen molar-refractivity contribution in [1.82, 2.24) is 9.55 Å². The third kappa shape index (κ3) is 2.62. The molecule has 5 heteroatoms. The van der Waals surface area contributed by atoms with Gasteiger partial charge in [0.15, 0.2) is 0 Å². The molecule has 2 aromatic rings. The van der Waals surface area contributed by atoms with Gasteiger partial charge in [0.25, 0.3) is 0 Å². The van der Waals surface area contributed by atoms with Crippen LogP contribution in [-0.4, -0.2) is 29.4 Å². The van der Waals surface area contributed by atoms with Gasteiger partial charge in [0, 0.05) is 13.2 Å². The molecular formula is C16H21ClN2O2. The lowest BCUT2D eigenvalue weighted by Crippen LogP contribution is -2.11. The number of nitrogens with zero attached hydrogens (tertiary/aromatic N) is 2. The van der Waals surface area contributed by atoms with Gasteiger partial charge in [-0.25, -0.2) is 4.98 Å². The van der Waals surface area contributed by atoms with Crippen molar-refractivity contribution in [3.63, 3.8) is 0 Å². The van der Waals surface area contributed by atoms with Crippen LogP contribution in [0, 0.1) is 0 Å². The SMILES string of the molecule is CCOc1cccc2c1nc(CCl)n2C1CCC(OC)C1. The number of aromatic nitrogens is 2. The maximum Gasteiger partial charge on any atom is 0.147 e. The molecule has 0 saturated heterocycles. The van der Waals surface area contributed by atoms with Crippen LogP contribution < -0.4 is 4.74 Å². The van der Waals surface area contributed by atoms with Crippen LogP contribution in [0.15, 0.2) is 18.2 Å². The summed E-state index contributed by atoms with van der Waals surface area (Å²) >= 11 is 6.13. The number of imidazole rings is 1. The van der Waals surface area contributed by atoms with Gasteiger partial charge in [0.05, 0.1) is 24.1 Å². The molecule has 0 aliphatic heterocycles. The van der Waals surface area contributed by atoms with Crippen LogP contribution in [0.3, 0.4) is 0 Å². The number of fused-ring (bicyclic) bond motifs is 1. The first kappa shape index (κ1) is 14.7. The predicted molar refractivity (Wildman–Crippen MR) is 84.1 cm³/mol. The van der Waals surface area contributed by atoms with Gasteiger partial charge >= 0.3 is 0 Å². The number of alkyl halides is 1. The molecule has 1 aliphatic carbocycles. The molecule has 114 valence electrons. The average Bonchev–Trinajstić information content (AvgIpc) is 3.11. The van der Waals surface area contributed by atoms with Crippen LogP contribution in [0.2, 0.25) is 0 Å². The van der Waals surface area contributed by atoms with E-state index in [4.69, 9.17) is 26.1 Å². The minimum Gasteiger partial charge on any atom is -0.492 e. The van der Waals surface area contributed by atoms with Crippen LogP contribution in [0.1, 0.15) is 38.1 Å². The van der Waals surface area contributed by atoms with E-state index < -0.39 is 0 Å². The standard InChI is InChI=1S/C16H21ClN2O2/c1-3-21-14-6-4-5-13-16(14)18-15(10-17)19(13)11-7-8-12(9-11)20-2/h4-6,11-12H,3,7-10H2,1-2H3. The maximum atomic E-state index is 6.13. The van der Waals surface area contributed by atoms with Crippen LogP contribution in [0.25, 0.3) is 11.0 Å². The summed E-state index contributed by atoms with van der Waals surface area (Å²) in [6, 6.07) is 6.49. The Bertz CT molecular complexity index is 626. The largest absolute Gasteiger partial charge is 0.492 e. The zero-order valence-corrected chi connectivity index (χ0v) is 13.3.